The van der Waals surface area contributed by atoms with Crippen molar-refractivity contribution in [3.05, 3.63) is 57.6 Å². The summed E-state index contributed by atoms with van der Waals surface area (Å²) >= 11 is 0. The van der Waals surface area contributed by atoms with Crippen LogP contribution in [0.25, 0.3) is 0 Å². The number of nitrogens with zero attached hydrogens (tertiary/aromatic N) is 3. The van der Waals surface area contributed by atoms with Crippen LogP contribution in [0.2, 0.25) is 0 Å². The third-order valence-corrected chi connectivity index (χ3v) is 7.69. The first-order valence-electron chi connectivity index (χ1n) is 12.2. The number of nitrogens with one attached hydrogen (secondary N) is 1. The van der Waals surface area contributed by atoms with Crippen molar-refractivity contribution < 1.29 is 28.8 Å². The molecule has 0 aromatic heterocycles. The highest BCUT2D eigenvalue weighted by molar-refractivity contribution is 6.20. The lowest BCUT2D eigenvalue weighted by molar-refractivity contribution is -0.384. The van der Waals surface area contributed by atoms with Crippen LogP contribution in [0.5, 0.6) is 11.5 Å². The van der Waals surface area contributed by atoms with Gasteiger partial charge in [0.2, 0.25) is 11.8 Å². The number of urea groups is 1. The molecule has 4 amide bonds. The molecule has 2 aromatic rings. The number of fused-ring (bicyclic) bond motifs is 4. The highest BCUT2D eigenvalue weighted by Crippen LogP contribution is 2.48. The molecular weight excluding hydrogens is 480 g/mol. The van der Waals surface area contributed by atoms with Crippen LogP contribution in [-0.2, 0) is 22.4 Å². The van der Waals surface area contributed by atoms with Crippen molar-refractivity contribution in [3.8, 4) is 11.5 Å². The summed E-state index contributed by atoms with van der Waals surface area (Å²) in [6.45, 7) is 0.682. The molecule has 3 aliphatic rings. The standard InChI is InChI=1S/C26H28N4O7/c1-36-20-9-6-16(13-21(20)37-2)10-12-29-24(32)26(23(31)27-25(29)33)15-17-14-18(30(34)35)7-8-19(17)28-11-4-3-5-22(26)28/h6-9,13-14,22H,3-5,10-12,15H2,1-2H3,(H,27,31,33)/t22-,26+/m0/s1. The minimum Gasteiger partial charge on any atom is -0.493 e. The smallest absolute Gasteiger partial charge is 0.330 e. The average Bonchev–Trinajstić information content (AvgIpc) is 2.91. The van der Waals surface area contributed by atoms with Gasteiger partial charge in [0, 0.05) is 37.3 Å². The number of carbonyl (C=O) groups excluding carboxylic acids is 3. The van der Waals surface area contributed by atoms with Gasteiger partial charge in [0.1, 0.15) is 0 Å². The molecule has 5 rings (SSSR count). The summed E-state index contributed by atoms with van der Waals surface area (Å²) in [5.74, 6) is -0.103. The zero-order valence-corrected chi connectivity index (χ0v) is 20.7. The third-order valence-electron chi connectivity index (χ3n) is 7.69. The van der Waals surface area contributed by atoms with E-state index in [9.17, 15) is 24.5 Å². The molecule has 0 unspecified atom stereocenters. The van der Waals surface area contributed by atoms with Crippen LogP contribution in [-0.4, -0.2) is 61.0 Å². The van der Waals surface area contributed by atoms with E-state index in [1.165, 1.54) is 26.4 Å². The minimum absolute atomic E-state index is 0.00398. The van der Waals surface area contributed by atoms with Crippen LogP contribution in [0.3, 0.4) is 0 Å². The first kappa shape index (κ1) is 24.5. The lowest BCUT2D eigenvalue weighted by atomic mass is 9.66. The van der Waals surface area contributed by atoms with Crippen molar-refractivity contribution in [3.63, 3.8) is 0 Å². The van der Waals surface area contributed by atoms with Gasteiger partial charge in [-0.15, -0.1) is 0 Å². The Labute approximate surface area is 213 Å². The van der Waals surface area contributed by atoms with Gasteiger partial charge in [0.05, 0.1) is 25.2 Å². The Bertz CT molecular complexity index is 1300. The van der Waals surface area contributed by atoms with Crippen molar-refractivity contribution >= 4 is 29.2 Å². The lowest BCUT2D eigenvalue weighted by Crippen LogP contribution is -2.72. The van der Waals surface area contributed by atoms with Gasteiger partial charge >= 0.3 is 6.03 Å². The maximum Gasteiger partial charge on any atom is 0.330 e. The zero-order valence-electron chi connectivity index (χ0n) is 20.7. The molecule has 11 heteroatoms. The fraction of sp³-hybridized carbons (Fsp3) is 0.423. The minimum atomic E-state index is -1.55. The summed E-state index contributed by atoms with van der Waals surface area (Å²) in [7, 11) is 3.07. The maximum atomic E-state index is 14.1. The van der Waals surface area contributed by atoms with Gasteiger partial charge in [-0.1, -0.05) is 6.07 Å². The number of amides is 4. The number of hydrogen-bond acceptors (Lipinski definition) is 8. The fourth-order valence-electron chi connectivity index (χ4n) is 5.89. The van der Waals surface area contributed by atoms with Crippen LogP contribution in [0, 0.1) is 15.5 Å². The fourth-order valence-corrected chi connectivity index (χ4v) is 5.89. The monoisotopic (exact) mass is 508 g/mol. The highest BCUT2D eigenvalue weighted by Gasteiger charge is 2.62. The predicted molar refractivity (Wildman–Crippen MR) is 133 cm³/mol. The molecule has 2 fully saturated rings. The van der Waals surface area contributed by atoms with Gasteiger partial charge in [-0.05, 0) is 55.0 Å². The largest absolute Gasteiger partial charge is 0.493 e. The second-order valence-electron chi connectivity index (χ2n) is 9.58. The van der Waals surface area contributed by atoms with Crippen molar-refractivity contribution in [2.75, 3.05) is 32.2 Å². The van der Waals surface area contributed by atoms with Gasteiger partial charge < -0.3 is 14.4 Å². The van der Waals surface area contributed by atoms with Crippen molar-refractivity contribution in [1.82, 2.24) is 10.2 Å². The summed E-state index contributed by atoms with van der Waals surface area (Å²) in [6.07, 6.45) is 2.66. The average molecular weight is 509 g/mol. The summed E-state index contributed by atoms with van der Waals surface area (Å²) in [4.78, 5) is 54.5. The molecule has 0 bridgehead atoms. The number of non-ortho nitro benzene ring substituents is 1. The number of ether oxygens (including phenoxy) is 2. The second-order valence-corrected chi connectivity index (χ2v) is 9.58. The Morgan fingerprint density at radius 1 is 1.08 bits per heavy atom. The molecule has 11 nitrogen and oxygen atoms in total. The summed E-state index contributed by atoms with van der Waals surface area (Å²) in [6, 6.07) is 8.74. The zero-order chi connectivity index (χ0) is 26.3. The second kappa shape index (κ2) is 9.38. The summed E-state index contributed by atoms with van der Waals surface area (Å²) < 4.78 is 10.6. The van der Waals surface area contributed by atoms with Crippen molar-refractivity contribution in [1.29, 1.82) is 0 Å². The molecule has 0 radical (unpaired) electrons. The quantitative estimate of drug-likeness (QED) is 0.358. The van der Waals surface area contributed by atoms with E-state index in [2.05, 4.69) is 5.32 Å². The number of hydrogen-bond donors (Lipinski definition) is 1. The normalized spacial score (nSPS) is 22.9. The van der Waals surface area contributed by atoms with E-state index in [4.69, 9.17) is 9.47 Å². The van der Waals surface area contributed by atoms with Crippen molar-refractivity contribution in [2.24, 2.45) is 5.41 Å². The van der Waals surface area contributed by atoms with Gasteiger partial charge in [-0.3, -0.25) is 29.9 Å². The van der Waals surface area contributed by atoms with E-state index in [1.807, 2.05) is 11.0 Å². The number of carbonyl (C=O) groups is 3. The third kappa shape index (κ3) is 3.94. The van der Waals surface area contributed by atoms with Gasteiger partial charge in [0.15, 0.2) is 16.9 Å². The van der Waals surface area contributed by atoms with Gasteiger partial charge in [0.25, 0.3) is 5.69 Å². The SMILES string of the molecule is COc1ccc(CCN2C(=O)NC(=O)[C@]3(Cc4cc([N+](=O)[O-])ccc4N4CCCC[C@H]43)C2=O)cc1OC. The molecule has 37 heavy (non-hydrogen) atoms. The molecule has 2 aromatic carbocycles. The van der Waals surface area contributed by atoms with E-state index < -0.39 is 34.2 Å². The number of barbiturate groups is 1. The van der Waals surface area contributed by atoms with E-state index in [0.717, 1.165) is 29.0 Å². The Balaban J connectivity index is 1.49. The topological polar surface area (TPSA) is 131 Å². The molecule has 1 N–H and O–H groups in total. The van der Waals surface area contributed by atoms with Crippen LogP contribution >= 0.6 is 0 Å². The molecule has 194 valence electrons. The molecule has 0 saturated carbocycles. The molecule has 2 atom stereocenters. The van der Waals surface area contributed by atoms with Crippen LogP contribution in [0.1, 0.15) is 30.4 Å². The summed E-state index contributed by atoms with van der Waals surface area (Å²) in [5.41, 5.74) is 0.539. The Morgan fingerprint density at radius 2 is 1.86 bits per heavy atom. The Morgan fingerprint density at radius 3 is 2.59 bits per heavy atom. The van der Waals surface area contributed by atoms with Crippen LogP contribution < -0.4 is 19.7 Å². The Hall–Kier alpha value is -4.15. The molecule has 2 saturated heterocycles. The molecule has 3 aliphatic heterocycles. The Kier molecular flexibility index (Phi) is 6.22. The first-order chi connectivity index (χ1) is 17.8. The van der Waals surface area contributed by atoms with E-state index in [-0.39, 0.29) is 18.7 Å². The summed E-state index contributed by atoms with van der Waals surface area (Å²) in [5, 5.41) is 13.9. The molecule has 0 aliphatic carbocycles. The number of benzene rings is 2. The first-order valence-corrected chi connectivity index (χ1v) is 12.2. The van der Waals surface area contributed by atoms with Crippen molar-refractivity contribution in [2.45, 2.75) is 38.1 Å². The number of imide groups is 2. The van der Waals surface area contributed by atoms with Crippen LogP contribution in [0.15, 0.2) is 36.4 Å². The number of nitro groups is 1. The number of anilines is 1. The number of methoxy groups -OCH3 is 2. The lowest BCUT2D eigenvalue weighted by Gasteiger charge is -2.53. The number of piperidine rings is 1. The van der Waals surface area contributed by atoms with Gasteiger partial charge in [-0.2, -0.15) is 0 Å². The predicted octanol–water partition coefficient (Wildman–Crippen LogP) is 2.83. The molecule has 1 spiro atoms. The van der Waals surface area contributed by atoms with Crippen LogP contribution in [0.4, 0.5) is 16.2 Å². The molecule has 3 heterocycles. The number of nitro benzene ring substituents is 1. The van der Waals surface area contributed by atoms with E-state index in [1.54, 1.807) is 18.2 Å². The maximum absolute atomic E-state index is 14.1. The van der Waals surface area contributed by atoms with E-state index >= 15 is 0 Å². The van der Waals surface area contributed by atoms with E-state index in [0.29, 0.717) is 36.4 Å². The number of rotatable bonds is 6. The highest BCUT2D eigenvalue weighted by atomic mass is 16.6. The van der Waals surface area contributed by atoms with Gasteiger partial charge in [-0.25, -0.2) is 4.79 Å². The molecular formula is C26H28N4O7.